The summed E-state index contributed by atoms with van der Waals surface area (Å²) in [4.78, 5) is 0. The van der Waals surface area contributed by atoms with Gasteiger partial charge >= 0.3 is 0 Å². The number of halogens is 1. The van der Waals surface area contributed by atoms with Crippen LogP contribution in [0.15, 0.2) is 60.7 Å². The van der Waals surface area contributed by atoms with Crippen molar-refractivity contribution < 1.29 is 5.11 Å². The van der Waals surface area contributed by atoms with E-state index in [9.17, 15) is 5.11 Å². The van der Waals surface area contributed by atoms with Gasteiger partial charge in [-0.1, -0.05) is 48.0 Å². The lowest BCUT2D eigenvalue weighted by molar-refractivity contribution is 0.472. The van der Waals surface area contributed by atoms with Gasteiger partial charge in [-0.3, -0.25) is 0 Å². The first-order valence-corrected chi connectivity index (χ1v) is 7.25. The molecule has 2 nitrogen and oxygen atoms in total. The summed E-state index contributed by atoms with van der Waals surface area (Å²) in [5.41, 5.74) is 1.85. The van der Waals surface area contributed by atoms with Crippen molar-refractivity contribution in [3.05, 3.63) is 71.2 Å². The lowest BCUT2D eigenvalue weighted by Crippen LogP contribution is -2.06. The maximum absolute atomic E-state index is 10.5. The summed E-state index contributed by atoms with van der Waals surface area (Å²) in [6.45, 7) is 2.03. The molecule has 0 saturated heterocycles. The number of hydrogen-bond acceptors (Lipinski definition) is 2. The zero-order valence-electron chi connectivity index (χ0n) is 11.7. The van der Waals surface area contributed by atoms with Crippen molar-refractivity contribution in [2.24, 2.45) is 0 Å². The number of phenolic OH excluding ortho intramolecular Hbond substituents is 1. The molecule has 2 N–H and O–H groups in total. The molecule has 0 aliphatic heterocycles. The minimum absolute atomic E-state index is 0.00391. The molecule has 3 aromatic carbocycles. The Hall–Kier alpha value is -2.19. The molecule has 3 aromatic rings. The van der Waals surface area contributed by atoms with E-state index in [-0.39, 0.29) is 6.04 Å². The molecule has 0 amide bonds. The number of nitrogens with one attached hydrogen (secondary N) is 1. The highest BCUT2D eigenvalue weighted by molar-refractivity contribution is 6.30. The van der Waals surface area contributed by atoms with Gasteiger partial charge in [-0.25, -0.2) is 0 Å². The number of benzene rings is 3. The molecule has 0 heterocycles. The van der Waals surface area contributed by atoms with E-state index in [1.54, 1.807) is 0 Å². The topological polar surface area (TPSA) is 32.3 Å². The van der Waals surface area contributed by atoms with Gasteiger partial charge in [0.2, 0.25) is 0 Å². The van der Waals surface area contributed by atoms with Crippen molar-refractivity contribution >= 4 is 28.1 Å². The molecule has 0 saturated carbocycles. The predicted octanol–water partition coefficient (Wildman–Crippen LogP) is 5.37. The number of phenols is 1. The van der Waals surface area contributed by atoms with Crippen molar-refractivity contribution in [3.63, 3.8) is 0 Å². The molecule has 3 heteroatoms. The molecule has 0 bridgehead atoms. The van der Waals surface area contributed by atoms with Gasteiger partial charge in [0.05, 0.1) is 6.04 Å². The smallest absolute Gasteiger partial charge is 0.128 e. The van der Waals surface area contributed by atoms with E-state index in [0.29, 0.717) is 10.8 Å². The van der Waals surface area contributed by atoms with Crippen LogP contribution >= 0.6 is 11.6 Å². The first-order valence-electron chi connectivity index (χ1n) is 6.88. The highest BCUT2D eigenvalue weighted by Crippen LogP contribution is 2.33. The Bertz CT molecular complexity index is 768. The van der Waals surface area contributed by atoms with Crippen LogP contribution in [-0.4, -0.2) is 5.11 Å². The Morgan fingerprint density at radius 3 is 2.43 bits per heavy atom. The number of anilines is 1. The fraction of sp³-hybridized carbons (Fsp3) is 0.111. The molecular formula is C18H16ClNO. The van der Waals surface area contributed by atoms with Gasteiger partial charge in [0.25, 0.3) is 0 Å². The molecule has 1 atom stereocenters. The molecule has 3 rings (SSSR count). The minimum atomic E-state index is -0.00391. The third-order valence-electron chi connectivity index (χ3n) is 3.63. The zero-order valence-corrected chi connectivity index (χ0v) is 12.4. The second-order valence-electron chi connectivity index (χ2n) is 5.10. The number of fused-ring (bicyclic) bond motifs is 1. The second kappa shape index (κ2) is 5.66. The van der Waals surface area contributed by atoms with E-state index >= 15 is 0 Å². The van der Waals surface area contributed by atoms with Crippen molar-refractivity contribution in [3.8, 4) is 5.75 Å². The Morgan fingerprint density at radius 2 is 1.67 bits per heavy atom. The molecule has 0 aliphatic rings. The van der Waals surface area contributed by atoms with Crippen LogP contribution < -0.4 is 5.32 Å². The summed E-state index contributed by atoms with van der Waals surface area (Å²) in [5, 5.41) is 16.5. The fourth-order valence-electron chi connectivity index (χ4n) is 2.50. The van der Waals surface area contributed by atoms with E-state index in [4.69, 9.17) is 11.6 Å². The van der Waals surface area contributed by atoms with Crippen molar-refractivity contribution in [1.29, 1.82) is 0 Å². The lowest BCUT2D eigenvalue weighted by Gasteiger charge is -2.18. The van der Waals surface area contributed by atoms with Crippen molar-refractivity contribution in [2.75, 3.05) is 5.32 Å². The SMILES string of the molecule is CC(Nc1ccc(Cl)cc1)c1ccc2ccccc2c1O. The first kappa shape index (κ1) is 13.8. The molecule has 21 heavy (non-hydrogen) atoms. The summed E-state index contributed by atoms with van der Waals surface area (Å²) in [6.07, 6.45) is 0. The molecule has 0 aromatic heterocycles. The van der Waals surface area contributed by atoms with Crippen molar-refractivity contribution in [2.45, 2.75) is 13.0 Å². The Morgan fingerprint density at radius 1 is 0.952 bits per heavy atom. The summed E-state index contributed by atoms with van der Waals surface area (Å²) in [5.74, 6) is 0.335. The average Bonchev–Trinajstić information content (AvgIpc) is 2.50. The Kier molecular flexibility index (Phi) is 3.72. The summed E-state index contributed by atoms with van der Waals surface area (Å²) >= 11 is 5.89. The van der Waals surface area contributed by atoms with Gasteiger partial charge in [0.15, 0.2) is 0 Å². The average molecular weight is 298 g/mol. The van der Waals surface area contributed by atoms with Crippen LogP contribution in [0.2, 0.25) is 5.02 Å². The van der Waals surface area contributed by atoms with E-state index in [0.717, 1.165) is 22.0 Å². The second-order valence-corrected chi connectivity index (χ2v) is 5.53. The van der Waals surface area contributed by atoms with Crippen LogP contribution in [0.25, 0.3) is 10.8 Å². The summed E-state index contributed by atoms with van der Waals surface area (Å²) < 4.78 is 0. The van der Waals surface area contributed by atoms with Gasteiger partial charge in [-0.2, -0.15) is 0 Å². The van der Waals surface area contributed by atoms with Gasteiger partial charge in [-0.15, -0.1) is 0 Å². The number of aromatic hydroxyl groups is 1. The minimum Gasteiger partial charge on any atom is -0.507 e. The number of rotatable bonds is 3. The summed E-state index contributed by atoms with van der Waals surface area (Å²) in [6, 6.07) is 19.4. The molecule has 106 valence electrons. The largest absolute Gasteiger partial charge is 0.507 e. The molecule has 0 spiro atoms. The fourth-order valence-corrected chi connectivity index (χ4v) is 2.62. The van der Waals surface area contributed by atoms with E-state index < -0.39 is 0 Å². The van der Waals surface area contributed by atoms with Crippen LogP contribution in [0.4, 0.5) is 5.69 Å². The van der Waals surface area contributed by atoms with Crippen LogP contribution in [0, 0.1) is 0 Å². The lowest BCUT2D eigenvalue weighted by atomic mass is 10.0. The zero-order chi connectivity index (χ0) is 14.8. The van der Waals surface area contributed by atoms with Gasteiger partial charge < -0.3 is 10.4 Å². The van der Waals surface area contributed by atoms with Gasteiger partial charge in [-0.05, 0) is 36.6 Å². The Labute approximate surface area is 129 Å². The maximum atomic E-state index is 10.5. The van der Waals surface area contributed by atoms with E-state index in [1.165, 1.54) is 0 Å². The highest BCUT2D eigenvalue weighted by atomic mass is 35.5. The van der Waals surface area contributed by atoms with Crippen LogP contribution in [0.5, 0.6) is 5.75 Å². The monoisotopic (exact) mass is 297 g/mol. The number of hydrogen-bond donors (Lipinski definition) is 2. The van der Waals surface area contributed by atoms with E-state index in [2.05, 4.69) is 5.32 Å². The normalized spacial score (nSPS) is 12.3. The van der Waals surface area contributed by atoms with Gasteiger partial charge in [0, 0.05) is 21.7 Å². The molecule has 0 aliphatic carbocycles. The maximum Gasteiger partial charge on any atom is 0.128 e. The molecule has 0 radical (unpaired) electrons. The summed E-state index contributed by atoms with van der Waals surface area (Å²) in [7, 11) is 0. The van der Waals surface area contributed by atoms with Crippen LogP contribution in [0.1, 0.15) is 18.5 Å². The first-order chi connectivity index (χ1) is 10.1. The third-order valence-corrected chi connectivity index (χ3v) is 3.88. The van der Waals surface area contributed by atoms with Gasteiger partial charge in [0.1, 0.15) is 5.75 Å². The molecular weight excluding hydrogens is 282 g/mol. The quantitative estimate of drug-likeness (QED) is 0.681. The highest BCUT2D eigenvalue weighted by Gasteiger charge is 2.12. The predicted molar refractivity (Wildman–Crippen MR) is 89.1 cm³/mol. The molecule has 1 unspecified atom stereocenters. The van der Waals surface area contributed by atoms with Crippen molar-refractivity contribution in [1.82, 2.24) is 0 Å². The Balaban J connectivity index is 1.92. The third kappa shape index (κ3) is 2.81. The standard InChI is InChI=1S/C18H16ClNO/c1-12(20-15-9-7-14(19)8-10-15)16-11-6-13-4-2-3-5-17(13)18(16)21/h2-12,20-21H,1H3. The van der Waals surface area contributed by atoms with Crippen LogP contribution in [0.3, 0.4) is 0 Å². The van der Waals surface area contributed by atoms with Crippen LogP contribution in [-0.2, 0) is 0 Å². The molecule has 0 fully saturated rings. The van der Waals surface area contributed by atoms with E-state index in [1.807, 2.05) is 67.6 Å².